The topological polar surface area (TPSA) is 114 Å². The number of pyridine rings is 1. The summed E-state index contributed by atoms with van der Waals surface area (Å²) in [6, 6.07) is 2.78. The summed E-state index contributed by atoms with van der Waals surface area (Å²) in [4.78, 5) is 43.5. The van der Waals surface area contributed by atoms with Crippen LogP contribution < -0.4 is 10.9 Å². The van der Waals surface area contributed by atoms with E-state index in [-0.39, 0.29) is 22.9 Å². The molecule has 0 aliphatic heterocycles. The minimum absolute atomic E-state index is 0.0558. The van der Waals surface area contributed by atoms with E-state index in [2.05, 4.69) is 15.3 Å². The molecule has 0 spiro atoms. The lowest BCUT2D eigenvalue weighted by atomic mass is 9.93. The number of nitrogens with zero attached hydrogens (tertiary/aromatic N) is 3. The monoisotopic (exact) mass is 372 g/mol. The van der Waals surface area contributed by atoms with Gasteiger partial charge in [-0.1, -0.05) is 20.8 Å². The number of thiazole rings is 1. The molecule has 0 fully saturated rings. The Kier molecular flexibility index (Phi) is 4.33. The van der Waals surface area contributed by atoms with Crippen LogP contribution in [0.25, 0.3) is 5.65 Å². The highest BCUT2D eigenvalue weighted by Crippen LogP contribution is 2.26. The van der Waals surface area contributed by atoms with Crippen molar-refractivity contribution < 1.29 is 14.7 Å². The van der Waals surface area contributed by atoms with Crippen molar-refractivity contribution in [3.05, 3.63) is 50.9 Å². The molecule has 3 aromatic rings. The van der Waals surface area contributed by atoms with Crippen LogP contribution in [-0.4, -0.2) is 31.7 Å². The number of aldehydes is 1. The number of aromatic hydroxyl groups is 1. The highest BCUT2D eigenvalue weighted by atomic mass is 32.1. The molecule has 8 nitrogen and oxygen atoms in total. The number of carbonyl (C=O) groups excluding carboxylic acids is 2. The van der Waals surface area contributed by atoms with Crippen LogP contribution in [0, 0.1) is 0 Å². The zero-order chi connectivity index (χ0) is 19.1. The second-order valence-electron chi connectivity index (χ2n) is 6.66. The van der Waals surface area contributed by atoms with E-state index in [0.717, 1.165) is 10.1 Å². The van der Waals surface area contributed by atoms with Crippen LogP contribution in [0.5, 0.6) is 5.88 Å². The maximum Gasteiger partial charge on any atom is 0.272 e. The summed E-state index contributed by atoms with van der Waals surface area (Å²) in [6.45, 7) is 6.08. The molecule has 0 unspecified atom stereocenters. The van der Waals surface area contributed by atoms with E-state index < -0.39 is 22.9 Å². The molecular weight excluding hydrogens is 356 g/mol. The van der Waals surface area contributed by atoms with Gasteiger partial charge in [0.15, 0.2) is 11.4 Å². The van der Waals surface area contributed by atoms with Crippen LogP contribution in [0.2, 0.25) is 0 Å². The summed E-state index contributed by atoms with van der Waals surface area (Å²) in [5.74, 6) is -1.09. The van der Waals surface area contributed by atoms with Crippen LogP contribution in [0.1, 0.15) is 47.2 Å². The maximum absolute atomic E-state index is 12.4. The predicted molar refractivity (Wildman–Crippen MR) is 97.3 cm³/mol. The zero-order valence-corrected chi connectivity index (χ0v) is 15.1. The fourth-order valence-corrected chi connectivity index (χ4v) is 3.16. The molecule has 0 saturated carbocycles. The Morgan fingerprint density at radius 2 is 2.08 bits per heavy atom. The summed E-state index contributed by atoms with van der Waals surface area (Å²) in [5, 5.41) is 14.7. The van der Waals surface area contributed by atoms with Crippen LogP contribution in [0.15, 0.2) is 28.5 Å². The number of hydrogen-bond donors (Lipinski definition) is 2. The molecule has 1 amide bonds. The van der Waals surface area contributed by atoms with Crippen molar-refractivity contribution in [1.29, 1.82) is 0 Å². The third-order valence-corrected chi connectivity index (χ3v) is 4.48. The lowest BCUT2D eigenvalue weighted by Crippen LogP contribution is -2.20. The first-order valence-electron chi connectivity index (χ1n) is 7.68. The second-order valence-corrected chi connectivity index (χ2v) is 7.52. The number of fused-ring (bicyclic) bond motifs is 1. The molecular formula is C17H16N4O4S. The van der Waals surface area contributed by atoms with Crippen molar-refractivity contribution >= 4 is 34.3 Å². The number of anilines is 1. The van der Waals surface area contributed by atoms with Gasteiger partial charge in [0.2, 0.25) is 5.88 Å². The van der Waals surface area contributed by atoms with Crippen LogP contribution in [0.4, 0.5) is 5.13 Å². The minimum Gasteiger partial charge on any atom is -0.493 e. The fraction of sp³-hybridized carbons (Fsp3) is 0.235. The van der Waals surface area contributed by atoms with Gasteiger partial charge < -0.3 is 5.11 Å². The summed E-state index contributed by atoms with van der Waals surface area (Å²) in [6.07, 6.45) is 1.57. The van der Waals surface area contributed by atoms with E-state index in [1.165, 1.54) is 29.7 Å². The highest BCUT2D eigenvalue weighted by Gasteiger charge is 2.19. The van der Waals surface area contributed by atoms with E-state index in [9.17, 15) is 19.5 Å². The number of hydrogen-bond acceptors (Lipinski definition) is 7. The Morgan fingerprint density at radius 3 is 2.69 bits per heavy atom. The zero-order valence-electron chi connectivity index (χ0n) is 14.3. The Labute approximate surface area is 152 Å². The largest absolute Gasteiger partial charge is 0.493 e. The Bertz CT molecular complexity index is 1080. The Balaban J connectivity index is 1.93. The number of carbonyl (C=O) groups is 2. The van der Waals surface area contributed by atoms with Gasteiger partial charge in [-0.25, -0.2) is 4.98 Å². The number of aromatic nitrogens is 3. The first-order chi connectivity index (χ1) is 12.2. The summed E-state index contributed by atoms with van der Waals surface area (Å²) < 4.78 is 1.08. The van der Waals surface area contributed by atoms with E-state index in [4.69, 9.17) is 0 Å². The molecule has 26 heavy (non-hydrogen) atoms. The molecule has 134 valence electrons. The molecule has 0 atom stereocenters. The van der Waals surface area contributed by atoms with Gasteiger partial charge in [-0.15, -0.1) is 11.3 Å². The minimum atomic E-state index is -0.704. The molecule has 3 heterocycles. The second kappa shape index (κ2) is 6.34. The first kappa shape index (κ1) is 17.7. The predicted octanol–water partition coefficient (Wildman–Crippen LogP) is 2.22. The molecule has 3 aromatic heterocycles. The Hall–Kier alpha value is -3.07. The molecule has 9 heteroatoms. The van der Waals surface area contributed by atoms with Gasteiger partial charge in [0.25, 0.3) is 11.5 Å². The van der Waals surface area contributed by atoms with Crippen LogP contribution in [0.3, 0.4) is 0 Å². The van der Waals surface area contributed by atoms with Gasteiger partial charge in [0.05, 0.1) is 5.69 Å². The van der Waals surface area contributed by atoms with E-state index in [1.54, 1.807) is 0 Å². The molecule has 0 aliphatic rings. The molecule has 3 rings (SSSR count). The van der Waals surface area contributed by atoms with Gasteiger partial charge in [0.1, 0.15) is 11.2 Å². The van der Waals surface area contributed by atoms with Gasteiger partial charge in [-0.2, -0.15) is 4.98 Å². The number of rotatable bonds is 3. The van der Waals surface area contributed by atoms with Gasteiger partial charge in [-0.3, -0.25) is 24.1 Å². The van der Waals surface area contributed by atoms with Crippen LogP contribution >= 0.6 is 11.3 Å². The first-order valence-corrected chi connectivity index (χ1v) is 8.56. The maximum atomic E-state index is 12.4. The molecule has 2 N–H and O–H groups in total. The lowest BCUT2D eigenvalue weighted by molar-refractivity contribution is 0.102. The van der Waals surface area contributed by atoms with Crippen molar-refractivity contribution in [2.75, 3.05) is 5.32 Å². The third kappa shape index (κ3) is 3.21. The van der Waals surface area contributed by atoms with Crippen molar-refractivity contribution in [1.82, 2.24) is 14.4 Å². The van der Waals surface area contributed by atoms with E-state index >= 15 is 0 Å². The van der Waals surface area contributed by atoms with Gasteiger partial charge in [0, 0.05) is 22.6 Å². The highest BCUT2D eigenvalue weighted by molar-refractivity contribution is 7.14. The molecule has 0 radical (unpaired) electrons. The summed E-state index contributed by atoms with van der Waals surface area (Å²) in [7, 11) is 0. The molecule has 0 saturated heterocycles. The van der Waals surface area contributed by atoms with E-state index in [1.807, 2.05) is 26.2 Å². The summed E-state index contributed by atoms with van der Waals surface area (Å²) >= 11 is 1.32. The summed E-state index contributed by atoms with van der Waals surface area (Å²) in [5.41, 5.74) is -0.0957. The third-order valence-electron chi connectivity index (χ3n) is 3.72. The quantitative estimate of drug-likeness (QED) is 0.682. The number of nitrogens with one attached hydrogen (secondary N) is 1. The average Bonchev–Trinajstić information content (AvgIpc) is 3.03. The standard InChI is InChI=1S/C17H16N4O4S/c1-17(2,3)11-8-26-16(18-11)20-13(23)9-4-5-21-12(6-9)19-14(24)10(7-22)15(21)25/h4-8,24H,1-3H3,(H,18,20,23). The SMILES string of the molecule is CC(C)(C)c1csc(NC(=O)c2ccn3c(=O)c(C=O)c(O)nc3c2)n1. The van der Waals surface area contributed by atoms with Crippen molar-refractivity contribution in [2.45, 2.75) is 26.2 Å². The normalized spacial score (nSPS) is 11.5. The molecule has 0 bridgehead atoms. The van der Waals surface area contributed by atoms with Crippen molar-refractivity contribution in [3.8, 4) is 5.88 Å². The fourth-order valence-electron chi connectivity index (χ4n) is 2.23. The Morgan fingerprint density at radius 1 is 1.35 bits per heavy atom. The van der Waals surface area contributed by atoms with E-state index in [0.29, 0.717) is 5.13 Å². The van der Waals surface area contributed by atoms with Crippen LogP contribution in [-0.2, 0) is 5.41 Å². The van der Waals surface area contributed by atoms with Crippen molar-refractivity contribution in [2.24, 2.45) is 0 Å². The smallest absolute Gasteiger partial charge is 0.272 e. The van der Waals surface area contributed by atoms with Crippen molar-refractivity contribution in [3.63, 3.8) is 0 Å². The number of amides is 1. The van der Waals surface area contributed by atoms with Gasteiger partial charge >= 0.3 is 0 Å². The lowest BCUT2D eigenvalue weighted by Gasteiger charge is -2.14. The van der Waals surface area contributed by atoms with Gasteiger partial charge in [-0.05, 0) is 12.1 Å². The molecule has 0 aromatic carbocycles. The average molecular weight is 372 g/mol. The molecule has 0 aliphatic carbocycles.